The molecule has 0 bridgehead atoms. The number of hydrogen-bond donors (Lipinski definition) is 2. The molecule has 2 rings (SSSR count). The lowest BCUT2D eigenvalue weighted by atomic mass is 10.1. The Morgan fingerprint density at radius 1 is 1.50 bits per heavy atom. The largest absolute Gasteiger partial charge is 0.356 e. The van der Waals surface area contributed by atoms with Gasteiger partial charge in [0.1, 0.15) is 0 Å². The van der Waals surface area contributed by atoms with Crippen LogP contribution in [0.25, 0.3) is 0 Å². The van der Waals surface area contributed by atoms with Crippen LogP contribution in [0, 0.1) is 5.92 Å². The second-order valence-electron chi connectivity index (χ2n) is 6.04. The fraction of sp³-hybridized carbons (Fsp3) is 0.733. The fourth-order valence-corrected chi connectivity index (χ4v) is 3.78. The summed E-state index contributed by atoms with van der Waals surface area (Å²) in [7, 11) is 1.83. The van der Waals surface area contributed by atoms with E-state index in [0.717, 1.165) is 25.6 Å². The van der Waals surface area contributed by atoms with Gasteiger partial charge in [0.2, 0.25) is 0 Å². The first-order valence-corrected chi connectivity index (χ1v) is 8.66. The Bertz CT molecular complexity index is 443. The van der Waals surface area contributed by atoms with Gasteiger partial charge < -0.3 is 10.6 Å². The van der Waals surface area contributed by atoms with E-state index in [9.17, 15) is 0 Å². The summed E-state index contributed by atoms with van der Waals surface area (Å²) in [5.41, 5.74) is 0. The minimum absolute atomic E-state index is 0. The number of aliphatic imine (C=N–C) groups is 1. The Morgan fingerprint density at radius 3 is 2.91 bits per heavy atom. The summed E-state index contributed by atoms with van der Waals surface area (Å²) in [5.74, 6) is 2.68. The second-order valence-corrected chi connectivity index (χ2v) is 7.72. The number of hydrogen-bond acceptors (Lipinski definition) is 3. The molecule has 1 aromatic heterocycles. The van der Waals surface area contributed by atoms with Gasteiger partial charge in [0.05, 0.1) is 0 Å². The summed E-state index contributed by atoms with van der Waals surface area (Å²) in [4.78, 5) is 4.31. The predicted octanol–water partition coefficient (Wildman–Crippen LogP) is 2.59. The van der Waals surface area contributed by atoms with Crippen LogP contribution in [0.5, 0.6) is 0 Å². The van der Waals surface area contributed by atoms with E-state index < -0.39 is 0 Å². The van der Waals surface area contributed by atoms with Crippen LogP contribution in [0.3, 0.4) is 0 Å². The van der Waals surface area contributed by atoms with Gasteiger partial charge in [0.25, 0.3) is 0 Å². The zero-order valence-electron chi connectivity index (χ0n) is 13.7. The van der Waals surface area contributed by atoms with Crippen LogP contribution >= 0.6 is 35.7 Å². The third-order valence-electron chi connectivity index (χ3n) is 3.83. The first-order chi connectivity index (χ1) is 10.1. The molecule has 1 saturated heterocycles. The molecule has 0 aliphatic carbocycles. The van der Waals surface area contributed by atoms with E-state index in [2.05, 4.69) is 46.3 Å². The van der Waals surface area contributed by atoms with Gasteiger partial charge in [-0.1, -0.05) is 6.92 Å². The average Bonchev–Trinajstić information content (AvgIpc) is 3.11. The highest BCUT2D eigenvalue weighted by atomic mass is 127. The quantitative estimate of drug-likeness (QED) is 0.408. The molecule has 0 aromatic carbocycles. The van der Waals surface area contributed by atoms with Gasteiger partial charge in [-0.05, 0) is 37.5 Å². The van der Waals surface area contributed by atoms with Crippen LogP contribution < -0.4 is 10.6 Å². The van der Waals surface area contributed by atoms with Gasteiger partial charge in [0.15, 0.2) is 5.96 Å². The number of halogens is 1. The van der Waals surface area contributed by atoms with Crippen LogP contribution in [0.15, 0.2) is 23.5 Å². The van der Waals surface area contributed by atoms with Crippen molar-refractivity contribution in [1.29, 1.82) is 0 Å². The summed E-state index contributed by atoms with van der Waals surface area (Å²) >= 11 is 2.07. The number of nitrogens with zero attached hydrogens (tertiary/aromatic N) is 3. The third kappa shape index (κ3) is 6.36. The molecule has 1 fully saturated rings. The molecule has 0 spiro atoms. The maximum absolute atomic E-state index is 4.31. The van der Waals surface area contributed by atoms with E-state index in [0.29, 0.717) is 10.7 Å². The van der Waals surface area contributed by atoms with E-state index in [4.69, 9.17) is 0 Å². The SMILES string of the molecule is CN=C(NCC(C)Cn1cccn1)NCC1(C)CCCS1.I. The lowest BCUT2D eigenvalue weighted by molar-refractivity contribution is 0.442. The van der Waals surface area contributed by atoms with Gasteiger partial charge in [-0.15, -0.1) is 24.0 Å². The van der Waals surface area contributed by atoms with Gasteiger partial charge in [-0.25, -0.2) is 0 Å². The summed E-state index contributed by atoms with van der Waals surface area (Å²) in [6.45, 7) is 7.35. The minimum Gasteiger partial charge on any atom is -0.356 e. The van der Waals surface area contributed by atoms with Crippen molar-refractivity contribution in [3.63, 3.8) is 0 Å². The molecule has 2 N–H and O–H groups in total. The average molecular weight is 437 g/mol. The smallest absolute Gasteiger partial charge is 0.191 e. The van der Waals surface area contributed by atoms with E-state index in [1.54, 1.807) is 0 Å². The van der Waals surface area contributed by atoms with E-state index >= 15 is 0 Å². The minimum atomic E-state index is 0. The number of thioether (sulfide) groups is 1. The highest BCUT2D eigenvalue weighted by molar-refractivity contribution is 14.0. The highest BCUT2D eigenvalue weighted by Crippen LogP contribution is 2.36. The molecule has 7 heteroatoms. The molecule has 0 amide bonds. The van der Waals surface area contributed by atoms with Crippen molar-refractivity contribution in [2.75, 3.05) is 25.9 Å². The van der Waals surface area contributed by atoms with Crippen LogP contribution in [0.4, 0.5) is 0 Å². The molecular weight excluding hydrogens is 409 g/mol. The van der Waals surface area contributed by atoms with Crippen molar-refractivity contribution >= 4 is 41.7 Å². The summed E-state index contributed by atoms with van der Waals surface area (Å²) < 4.78 is 2.33. The number of aromatic nitrogens is 2. The highest BCUT2D eigenvalue weighted by Gasteiger charge is 2.29. The summed E-state index contributed by atoms with van der Waals surface area (Å²) in [6, 6.07) is 1.96. The molecule has 22 heavy (non-hydrogen) atoms. The van der Waals surface area contributed by atoms with Crippen LogP contribution in [0.1, 0.15) is 26.7 Å². The molecule has 1 aliphatic rings. The zero-order valence-corrected chi connectivity index (χ0v) is 16.9. The Kier molecular flexibility index (Phi) is 8.59. The van der Waals surface area contributed by atoms with Crippen molar-refractivity contribution in [3.8, 4) is 0 Å². The van der Waals surface area contributed by atoms with Crippen molar-refractivity contribution in [2.45, 2.75) is 38.0 Å². The lowest BCUT2D eigenvalue weighted by Gasteiger charge is -2.24. The molecule has 2 unspecified atom stereocenters. The van der Waals surface area contributed by atoms with E-state index in [1.807, 2.05) is 30.2 Å². The van der Waals surface area contributed by atoms with Crippen LogP contribution in [-0.4, -0.2) is 46.4 Å². The van der Waals surface area contributed by atoms with Crippen molar-refractivity contribution < 1.29 is 0 Å². The summed E-state index contributed by atoms with van der Waals surface area (Å²) in [5, 5.41) is 11.1. The van der Waals surface area contributed by atoms with Crippen LogP contribution in [0.2, 0.25) is 0 Å². The molecule has 0 radical (unpaired) electrons. The molecule has 2 heterocycles. The molecule has 1 aliphatic heterocycles. The fourth-order valence-electron chi connectivity index (χ4n) is 2.53. The maximum atomic E-state index is 4.31. The molecule has 126 valence electrons. The molecule has 1 aromatic rings. The van der Waals surface area contributed by atoms with Crippen molar-refractivity contribution in [2.24, 2.45) is 10.9 Å². The van der Waals surface area contributed by atoms with Gasteiger partial charge in [0, 0.05) is 43.8 Å². The Hall–Kier alpha value is -0.440. The van der Waals surface area contributed by atoms with Crippen molar-refractivity contribution in [1.82, 2.24) is 20.4 Å². The number of nitrogens with one attached hydrogen (secondary N) is 2. The first-order valence-electron chi connectivity index (χ1n) is 7.67. The predicted molar refractivity (Wildman–Crippen MR) is 106 cm³/mol. The zero-order chi connectivity index (χ0) is 15.1. The second kappa shape index (κ2) is 9.64. The standard InChI is InChI=1S/C15H27N5S.HI/c1-13(11-20-8-5-7-19-20)10-17-14(16-3)18-12-15(2)6-4-9-21-15;/h5,7-8,13H,4,6,9-12H2,1-3H3,(H2,16,17,18);1H. The third-order valence-corrected chi connectivity index (χ3v) is 5.37. The van der Waals surface area contributed by atoms with Crippen LogP contribution in [-0.2, 0) is 6.54 Å². The Morgan fingerprint density at radius 2 is 2.32 bits per heavy atom. The van der Waals surface area contributed by atoms with E-state index in [1.165, 1.54) is 18.6 Å². The van der Waals surface area contributed by atoms with Gasteiger partial charge in [-0.2, -0.15) is 16.9 Å². The monoisotopic (exact) mass is 437 g/mol. The molecule has 0 saturated carbocycles. The van der Waals surface area contributed by atoms with E-state index in [-0.39, 0.29) is 24.0 Å². The molecule has 5 nitrogen and oxygen atoms in total. The molecule has 2 atom stereocenters. The Balaban J connectivity index is 0.00000242. The Labute approximate surface area is 155 Å². The van der Waals surface area contributed by atoms with Gasteiger partial charge in [-0.3, -0.25) is 9.67 Å². The van der Waals surface area contributed by atoms with Crippen molar-refractivity contribution in [3.05, 3.63) is 18.5 Å². The normalized spacial score (nSPS) is 23.0. The topological polar surface area (TPSA) is 54.2 Å². The number of rotatable bonds is 6. The maximum Gasteiger partial charge on any atom is 0.191 e. The molecular formula is C15H28IN5S. The lowest BCUT2D eigenvalue weighted by Crippen LogP contribution is -2.45. The van der Waals surface area contributed by atoms with Gasteiger partial charge >= 0.3 is 0 Å². The first kappa shape index (κ1) is 19.6. The number of guanidine groups is 1. The summed E-state index contributed by atoms with van der Waals surface area (Å²) in [6.07, 6.45) is 6.44.